The lowest BCUT2D eigenvalue weighted by Crippen LogP contribution is -2.25. The van der Waals surface area contributed by atoms with Crippen molar-refractivity contribution >= 4 is 10.8 Å². The SMILES string of the molecule is Cc1c(CN(C)Cc2cccc3ccccc23)c(=O)n(-c2ccccc2)n1C. The molecule has 0 radical (unpaired) electrons. The van der Waals surface area contributed by atoms with Gasteiger partial charge in [0.15, 0.2) is 0 Å². The molecule has 0 N–H and O–H groups in total. The van der Waals surface area contributed by atoms with E-state index in [0.717, 1.165) is 23.5 Å². The molecule has 4 aromatic rings. The Hall–Kier alpha value is -3.11. The molecule has 0 aliphatic rings. The summed E-state index contributed by atoms with van der Waals surface area (Å²) >= 11 is 0. The third kappa shape index (κ3) is 3.27. The molecule has 0 bridgehead atoms. The molecule has 0 spiro atoms. The van der Waals surface area contributed by atoms with Crippen LogP contribution in [0.15, 0.2) is 77.6 Å². The van der Waals surface area contributed by atoms with E-state index in [1.807, 2.05) is 49.0 Å². The van der Waals surface area contributed by atoms with Crippen molar-refractivity contribution in [2.75, 3.05) is 7.05 Å². The Balaban J connectivity index is 1.63. The van der Waals surface area contributed by atoms with Crippen LogP contribution in [-0.4, -0.2) is 21.3 Å². The summed E-state index contributed by atoms with van der Waals surface area (Å²) in [6, 6.07) is 24.6. The molecule has 1 heterocycles. The molecule has 4 rings (SSSR count). The van der Waals surface area contributed by atoms with E-state index in [2.05, 4.69) is 54.4 Å². The lowest BCUT2D eigenvalue weighted by atomic mass is 10.0. The molecule has 0 saturated heterocycles. The van der Waals surface area contributed by atoms with Crippen LogP contribution < -0.4 is 5.56 Å². The maximum absolute atomic E-state index is 13.1. The van der Waals surface area contributed by atoms with Crippen LogP contribution in [-0.2, 0) is 20.1 Å². The fourth-order valence-corrected chi connectivity index (χ4v) is 3.85. The average Bonchev–Trinajstić information content (AvgIpc) is 2.92. The lowest BCUT2D eigenvalue weighted by molar-refractivity contribution is 0.318. The highest BCUT2D eigenvalue weighted by atomic mass is 16.1. The predicted molar refractivity (Wildman–Crippen MR) is 115 cm³/mol. The summed E-state index contributed by atoms with van der Waals surface area (Å²) in [6.45, 7) is 3.42. The largest absolute Gasteiger partial charge is 0.298 e. The standard InChI is InChI=1S/C24H25N3O/c1-18-23(24(28)27(26(18)3)21-13-5-4-6-14-21)17-25(2)16-20-12-9-11-19-10-7-8-15-22(19)20/h4-15H,16-17H2,1-3H3. The molecule has 0 amide bonds. The Kier molecular flexibility index (Phi) is 4.88. The molecule has 28 heavy (non-hydrogen) atoms. The molecule has 3 aromatic carbocycles. The van der Waals surface area contributed by atoms with E-state index >= 15 is 0 Å². The maximum atomic E-state index is 13.1. The minimum absolute atomic E-state index is 0.0518. The van der Waals surface area contributed by atoms with E-state index in [1.165, 1.54) is 16.3 Å². The average molecular weight is 371 g/mol. The van der Waals surface area contributed by atoms with Crippen molar-refractivity contribution in [3.63, 3.8) is 0 Å². The van der Waals surface area contributed by atoms with Crippen LogP contribution in [0.4, 0.5) is 0 Å². The number of hydrogen-bond acceptors (Lipinski definition) is 2. The van der Waals surface area contributed by atoms with E-state index in [1.54, 1.807) is 4.68 Å². The van der Waals surface area contributed by atoms with Gasteiger partial charge in [-0.05, 0) is 42.4 Å². The molecular weight excluding hydrogens is 346 g/mol. The summed E-state index contributed by atoms with van der Waals surface area (Å²) in [4.78, 5) is 15.3. The summed E-state index contributed by atoms with van der Waals surface area (Å²) in [7, 11) is 4.01. The van der Waals surface area contributed by atoms with Crippen molar-refractivity contribution in [2.45, 2.75) is 20.0 Å². The van der Waals surface area contributed by atoms with Crippen LogP contribution in [0, 0.1) is 6.92 Å². The van der Waals surface area contributed by atoms with E-state index < -0.39 is 0 Å². The normalized spacial score (nSPS) is 11.4. The van der Waals surface area contributed by atoms with Gasteiger partial charge in [0.2, 0.25) is 0 Å². The summed E-state index contributed by atoms with van der Waals surface area (Å²) in [5.74, 6) is 0. The van der Waals surface area contributed by atoms with Crippen molar-refractivity contribution in [1.82, 2.24) is 14.3 Å². The third-order valence-corrected chi connectivity index (χ3v) is 5.42. The van der Waals surface area contributed by atoms with Crippen LogP contribution in [0.25, 0.3) is 16.5 Å². The molecule has 142 valence electrons. The Morgan fingerprint density at radius 2 is 1.54 bits per heavy atom. The molecule has 1 aromatic heterocycles. The molecule has 4 nitrogen and oxygen atoms in total. The van der Waals surface area contributed by atoms with Crippen molar-refractivity contribution < 1.29 is 0 Å². The van der Waals surface area contributed by atoms with Crippen molar-refractivity contribution in [3.8, 4) is 5.69 Å². The van der Waals surface area contributed by atoms with E-state index in [0.29, 0.717) is 6.54 Å². The van der Waals surface area contributed by atoms with Crippen molar-refractivity contribution in [1.29, 1.82) is 0 Å². The van der Waals surface area contributed by atoms with Crippen LogP contribution in [0.5, 0.6) is 0 Å². The number of para-hydroxylation sites is 1. The zero-order valence-electron chi connectivity index (χ0n) is 16.6. The lowest BCUT2D eigenvalue weighted by Gasteiger charge is -2.17. The van der Waals surface area contributed by atoms with Gasteiger partial charge in [0, 0.05) is 25.8 Å². The fraction of sp³-hybridized carbons (Fsp3) is 0.208. The highest BCUT2D eigenvalue weighted by Crippen LogP contribution is 2.20. The molecule has 0 unspecified atom stereocenters. The Morgan fingerprint density at radius 3 is 2.32 bits per heavy atom. The van der Waals surface area contributed by atoms with Crippen LogP contribution in [0.1, 0.15) is 16.8 Å². The molecule has 0 atom stereocenters. The molecular formula is C24H25N3O. The number of aromatic nitrogens is 2. The molecule has 4 heteroatoms. The van der Waals surface area contributed by atoms with Gasteiger partial charge in [-0.25, -0.2) is 4.68 Å². The first-order valence-corrected chi connectivity index (χ1v) is 9.54. The highest BCUT2D eigenvalue weighted by Gasteiger charge is 2.17. The number of benzene rings is 3. The monoisotopic (exact) mass is 371 g/mol. The van der Waals surface area contributed by atoms with Gasteiger partial charge < -0.3 is 0 Å². The minimum Gasteiger partial charge on any atom is -0.298 e. The molecule has 0 aliphatic carbocycles. The minimum atomic E-state index is 0.0518. The van der Waals surface area contributed by atoms with Gasteiger partial charge in [-0.2, -0.15) is 0 Å². The Bertz CT molecular complexity index is 1170. The zero-order valence-corrected chi connectivity index (χ0v) is 16.6. The van der Waals surface area contributed by atoms with Gasteiger partial charge in [-0.15, -0.1) is 0 Å². The molecule has 0 aliphatic heterocycles. The quantitative estimate of drug-likeness (QED) is 0.524. The van der Waals surface area contributed by atoms with Crippen LogP contribution in [0.2, 0.25) is 0 Å². The smallest absolute Gasteiger partial charge is 0.276 e. The Morgan fingerprint density at radius 1 is 0.857 bits per heavy atom. The topological polar surface area (TPSA) is 30.2 Å². The number of fused-ring (bicyclic) bond motifs is 1. The number of hydrogen-bond donors (Lipinski definition) is 0. The zero-order chi connectivity index (χ0) is 19.7. The fourth-order valence-electron chi connectivity index (χ4n) is 3.85. The molecule has 0 saturated carbocycles. The van der Waals surface area contributed by atoms with E-state index in [-0.39, 0.29) is 5.56 Å². The van der Waals surface area contributed by atoms with E-state index in [9.17, 15) is 4.79 Å². The second-order valence-electron chi connectivity index (χ2n) is 7.35. The van der Waals surface area contributed by atoms with Gasteiger partial charge in [0.25, 0.3) is 5.56 Å². The van der Waals surface area contributed by atoms with Gasteiger partial charge >= 0.3 is 0 Å². The first-order valence-electron chi connectivity index (χ1n) is 9.54. The second kappa shape index (κ2) is 7.49. The summed E-state index contributed by atoms with van der Waals surface area (Å²) in [5, 5.41) is 2.51. The van der Waals surface area contributed by atoms with Crippen LogP contribution >= 0.6 is 0 Å². The van der Waals surface area contributed by atoms with E-state index in [4.69, 9.17) is 0 Å². The summed E-state index contributed by atoms with van der Waals surface area (Å²) in [5.41, 5.74) is 4.06. The Labute approximate surface area is 165 Å². The number of rotatable bonds is 5. The van der Waals surface area contributed by atoms with Gasteiger partial charge in [0.1, 0.15) is 0 Å². The van der Waals surface area contributed by atoms with Crippen molar-refractivity contribution in [3.05, 3.63) is 100.0 Å². The summed E-state index contributed by atoms with van der Waals surface area (Å²) in [6.07, 6.45) is 0. The van der Waals surface area contributed by atoms with Gasteiger partial charge in [-0.3, -0.25) is 14.4 Å². The first-order chi connectivity index (χ1) is 13.6. The first kappa shape index (κ1) is 18.3. The van der Waals surface area contributed by atoms with Gasteiger partial charge in [-0.1, -0.05) is 60.7 Å². The number of nitrogens with zero attached hydrogens (tertiary/aromatic N) is 3. The van der Waals surface area contributed by atoms with Crippen molar-refractivity contribution in [2.24, 2.45) is 7.05 Å². The van der Waals surface area contributed by atoms with Gasteiger partial charge in [0.05, 0.1) is 11.3 Å². The third-order valence-electron chi connectivity index (χ3n) is 5.42. The second-order valence-corrected chi connectivity index (χ2v) is 7.35. The van der Waals surface area contributed by atoms with Crippen LogP contribution in [0.3, 0.4) is 0 Å². The maximum Gasteiger partial charge on any atom is 0.276 e. The summed E-state index contributed by atoms with van der Waals surface area (Å²) < 4.78 is 3.69. The highest BCUT2D eigenvalue weighted by molar-refractivity contribution is 5.85. The molecule has 0 fully saturated rings. The predicted octanol–water partition coefficient (Wildman–Crippen LogP) is 4.27.